The summed E-state index contributed by atoms with van der Waals surface area (Å²) in [6.07, 6.45) is 3.06. The molecule has 0 amide bonds. The highest BCUT2D eigenvalue weighted by atomic mass is 32.2. The highest BCUT2D eigenvalue weighted by Gasteiger charge is 2.14. The van der Waals surface area contributed by atoms with Gasteiger partial charge in [-0.3, -0.25) is 5.84 Å². The smallest absolute Gasteiger partial charge is 0.134 e. The number of furan rings is 1. The zero-order valence-corrected chi connectivity index (χ0v) is 11.0. The molecule has 1 atom stereocenters. The van der Waals surface area contributed by atoms with E-state index in [4.69, 9.17) is 10.3 Å². The number of hydrazine groups is 1. The van der Waals surface area contributed by atoms with Crippen molar-refractivity contribution >= 4 is 22.7 Å². The summed E-state index contributed by atoms with van der Waals surface area (Å²) in [5.41, 5.74) is 4.99. The third-order valence-electron chi connectivity index (χ3n) is 2.85. The second-order valence-corrected chi connectivity index (χ2v) is 5.18. The van der Waals surface area contributed by atoms with E-state index in [1.807, 2.05) is 17.8 Å². The number of fused-ring (bicyclic) bond motifs is 1. The maximum absolute atomic E-state index is 5.82. The molecule has 0 saturated heterocycles. The Morgan fingerprint density at radius 1 is 1.41 bits per heavy atom. The molecule has 1 aromatic carbocycles. The van der Waals surface area contributed by atoms with Crippen molar-refractivity contribution in [2.24, 2.45) is 5.84 Å². The molecule has 92 valence electrons. The van der Waals surface area contributed by atoms with Crippen molar-refractivity contribution in [2.75, 3.05) is 12.0 Å². The maximum atomic E-state index is 5.82. The molecule has 4 heteroatoms. The van der Waals surface area contributed by atoms with E-state index in [0.717, 1.165) is 28.9 Å². The first-order valence-electron chi connectivity index (χ1n) is 5.69. The fraction of sp³-hybridized carbons (Fsp3) is 0.385. The molecule has 2 rings (SSSR count). The van der Waals surface area contributed by atoms with Gasteiger partial charge in [0, 0.05) is 5.39 Å². The van der Waals surface area contributed by atoms with Crippen LogP contribution in [-0.4, -0.2) is 12.0 Å². The van der Waals surface area contributed by atoms with Gasteiger partial charge in [-0.2, -0.15) is 11.8 Å². The van der Waals surface area contributed by atoms with Gasteiger partial charge in [-0.25, -0.2) is 5.43 Å². The Labute approximate surface area is 106 Å². The first kappa shape index (κ1) is 12.5. The SMILES string of the molecule is CSCCC(NN)c1cc2cc(C)ccc2o1. The lowest BCUT2D eigenvalue weighted by Gasteiger charge is -2.11. The lowest BCUT2D eigenvalue weighted by Crippen LogP contribution is -2.28. The van der Waals surface area contributed by atoms with Crippen LogP contribution in [0.5, 0.6) is 0 Å². The van der Waals surface area contributed by atoms with E-state index in [1.54, 1.807) is 0 Å². The van der Waals surface area contributed by atoms with Gasteiger partial charge >= 0.3 is 0 Å². The minimum atomic E-state index is 0.0927. The summed E-state index contributed by atoms with van der Waals surface area (Å²) in [6.45, 7) is 2.08. The molecule has 1 aromatic heterocycles. The Morgan fingerprint density at radius 3 is 2.94 bits per heavy atom. The number of hydrogen-bond donors (Lipinski definition) is 2. The second kappa shape index (κ2) is 5.58. The average molecular weight is 250 g/mol. The monoisotopic (exact) mass is 250 g/mol. The van der Waals surface area contributed by atoms with Gasteiger partial charge < -0.3 is 4.42 Å². The fourth-order valence-corrected chi connectivity index (χ4v) is 2.37. The van der Waals surface area contributed by atoms with E-state index in [9.17, 15) is 0 Å². The first-order valence-corrected chi connectivity index (χ1v) is 7.09. The Hall–Kier alpha value is -0.970. The van der Waals surface area contributed by atoms with Gasteiger partial charge in [0.2, 0.25) is 0 Å². The summed E-state index contributed by atoms with van der Waals surface area (Å²) < 4.78 is 5.82. The highest BCUT2D eigenvalue weighted by molar-refractivity contribution is 7.98. The molecule has 0 aliphatic rings. The topological polar surface area (TPSA) is 51.2 Å². The molecule has 1 unspecified atom stereocenters. The number of benzene rings is 1. The third kappa shape index (κ3) is 2.83. The first-order chi connectivity index (χ1) is 8.24. The molecular formula is C13H18N2OS. The van der Waals surface area contributed by atoms with Gasteiger partial charge in [0.25, 0.3) is 0 Å². The van der Waals surface area contributed by atoms with Gasteiger partial charge in [0.1, 0.15) is 11.3 Å². The molecule has 0 radical (unpaired) electrons. The number of nitrogens with two attached hydrogens (primary N) is 1. The molecule has 0 bridgehead atoms. The molecule has 0 spiro atoms. The van der Waals surface area contributed by atoms with Gasteiger partial charge in [-0.15, -0.1) is 0 Å². The predicted octanol–water partition coefficient (Wildman–Crippen LogP) is 3.00. The largest absolute Gasteiger partial charge is 0.459 e. The lowest BCUT2D eigenvalue weighted by atomic mass is 10.1. The Morgan fingerprint density at radius 2 is 2.24 bits per heavy atom. The summed E-state index contributed by atoms with van der Waals surface area (Å²) in [5.74, 6) is 7.56. The number of hydrogen-bond acceptors (Lipinski definition) is 4. The van der Waals surface area contributed by atoms with Crippen LogP contribution >= 0.6 is 11.8 Å². The van der Waals surface area contributed by atoms with Gasteiger partial charge in [-0.05, 0) is 43.6 Å². The van der Waals surface area contributed by atoms with Gasteiger partial charge in [-0.1, -0.05) is 11.6 Å². The Balaban J connectivity index is 2.27. The molecule has 0 fully saturated rings. The third-order valence-corrected chi connectivity index (χ3v) is 3.49. The fourth-order valence-electron chi connectivity index (χ4n) is 1.90. The lowest BCUT2D eigenvalue weighted by molar-refractivity contribution is 0.430. The predicted molar refractivity (Wildman–Crippen MR) is 74.0 cm³/mol. The van der Waals surface area contributed by atoms with Crippen molar-refractivity contribution in [3.05, 3.63) is 35.6 Å². The number of rotatable bonds is 5. The van der Waals surface area contributed by atoms with Gasteiger partial charge in [0.05, 0.1) is 6.04 Å². The molecule has 0 aliphatic carbocycles. The molecule has 0 saturated carbocycles. The summed E-state index contributed by atoms with van der Waals surface area (Å²) >= 11 is 1.81. The molecule has 3 N–H and O–H groups in total. The molecular weight excluding hydrogens is 232 g/mol. The van der Waals surface area contributed by atoms with Crippen LogP contribution in [0.2, 0.25) is 0 Å². The van der Waals surface area contributed by atoms with E-state index in [-0.39, 0.29) is 6.04 Å². The summed E-state index contributed by atoms with van der Waals surface area (Å²) in [5, 5.41) is 1.14. The van der Waals surface area contributed by atoms with Crippen molar-refractivity contribution in [1.29, 1.82) is 0 Å². The number of thioether (sulfide) groups is 1. The summed E-state index contributed by atoms with van der Waals surface area (Å²) in [6, 6.07) is 8.37. The van der Waals surface area contributed by atoms with Gasteiger partial charge in [0.15, 0.2) is 0 Å². The van der Waals surface area contributed by atoms with Crippen molar-refractivity contribution in [3.8, 4) is 0 Å². The summed E-state index contributed by atoms with van der Waals surface area (Å²) in [7, 11) is 0. The van der Waals surface area contributed by atoms with Crippen LogP contribution in [0.1, 0.15) is 23.8 Å². The van der Waals surface area contributed by atoms with Crippen LogP contribution in [0.25, 0.3) is 11.0 Å². The second-order valence-electron chi connectivity index (χ2n) is 4.19. The Bertz CT molecular complexity index is 495. The van der Waals surface area contributed by atoms with E-state index in [0.29, 0.717) is 0 Å². The van der Waals surface area contributed by atoms with E-state index in [1.165, 1.54) is 5.56 Å². The maximum Gasteiger partial charge on any atom is 0.134 e. The number of aryl methyl sites for hydroxylation is 1. The highest BCUT2D eigenvalue weighted by Crippen LogP contribution is 2.26. The van der Waals surface area contributed by atoms with Crippen molar-refractivity contribution in [3.63, 3.8) is 0 Å². The van der Waals surface area contributed by atoms with E-state index < -0.39 is 0 Å². The van der Waals surface area contributed by atoms with Crippen molar-refractivity contribution < 1.29 is 4.42 Å². The van der Waals surface area contributed by atoms with Crippen LogP contribution < -0.4 is 11.3 Å². The van der Waals surface area contributed by atoms with Crippen molar-refractivity contribution in [2.45, 2.75) is 19.4 Å². The Kier molecular flexibility index (Phi) is 4.10. The molecule has 2 aromatic rings. The standard InChI is InChI=1S/C13H18N2OS/c1-9-3-4-12-10(7-9)8-13(16-12)11(15-14)5-6-17-2/h3-4,7-8,11,15H,5-6,14H2,1-2H3. The minimum Gasteiger partial charge on any atom is -0.459 e. The van der Waals surface area contributed by atoms with Crippen LogP contribution in [0.4, 0.5) is 0 Å². The molecule has 17 heavy (non-hydrogen) atoms. The summed E-state index contributed by atoms with van der Waals surface area (Å²) in [4.78, 5) is 0. The van der Waals surface area contributed by atoms with Crippen LogP contribution in [0.15, 0.2) is 28.7 Å². The zero-order chi connectivity index (χ0) is 12.3. The zero-order valence-electron chi connectivity index (χ0n) is 10.2. The van der Waals surface area contributed by atoms with E-state index >= 15 is 0 Å². The normalized spacial score (nSPS) is 13.1. The molecule has 3 nitrogen and oxygen atoms in total. The number of nitrogens with one attached hydrogen (secondary N) is 1. The van der Waals surface area contributed by atoms with Crippen LogP contribution in [0.3, 0.4) is 0 Å². The molecule has 1 heterocycles. The molecule has 0 aliphatic heterocycles. The average Bonchev–Trinajstić information content (AvgIpc) is 2.72. The van der Waals surface area contributed by atoms with E-state index in [2.05, 4.69) is 36.8 Å². The minimum absolute atomic E-state index is 0.0927. The van der Waals surface area contributed by atoms with Crippen LogP contribution in [0, 0.1) is 6.92 Å². The van der Waals surface area contributed by atoms with Crippen molar-refractivity contribution in [1.82, 2.24) is 5.43 Å². The quantitative estimate of drug-likeness (QED) is 0.632. The van der Waals surface area contributed by atoms with Crippen LogP contribution in [-0.2, 0) is 0 Å².